The first kappa shape index (κ1) is 26.0. The summed E-state index contributed by atoms with van der Waals surface area (Å²) in [4.78, 5) is 29.1. The van der Waals surface area contributed by atoms with Crippen molar-refractivity contribution in [1.29, 1.82) is 0 Å². The Balaban J connectivity index is 1.62. The maximum atomic E-state index is 13.7. The summed E-state index contributed by atoms with van der Waals surface area (Å²) in [5, 5.41) is 3.23. The summed E-state index contributed by atoms with van der Waals surface area (Å²) in [5.74, 6) is 0.342. The number of benzene rings is 3. The molecule has 1 saturated carbocycles. The van der Waals surface area contributed by atoms with Crippen LogP contribution in [0.1, 0.15) is 42.4 Å². The SMILES string of the molecule is Cc1ccccc1OCC(=O)N(Cc1cccc(Br)c1)[C@@H](Cc1ccccc1)C(=O)NC1CCCC1. The second kappa shape index (κ2) is 12.7. The summed E-state index contributed by atoms with van der Waals surface area (Å²) in [6.45, 7) is 2.12. The van der Waals surface area contributed by atoms with Gasteiger partial charge in [0.15, 0.2) is 6.61 Å². The lowest BCUT2D eigenvalue weighted by molar-refractivity contribution is -0.143. The number of rotatable bonds is 10. The Bertz CT molecular complexity index is 1160. The molecular weight excluding hydrogens is 516 g/mol. The van der Waals surface area contributed by atoms with Gasteiger partial charge in [0.05, 0.1) is 0 Å². The fourth-order valence-electron chi connectivity index (χ4n) is 4.69. The first-order valence-corrected chi connectivity index (χ1v) is 13.4. The van der Waals surface area contributed by atoms with E-state index >= 15 is 0 Å². The summed E-state index contributed by atoms with van der Waals surface area (Å²) < 4.78 is 6.85. The quantitative estimate of drug-likeness (QED) is 0.346. The number of amides is 2. The van der Waals surface area contributed by atoms with Crippen molar-refractivity contribution in [2.45, 2.75) is 57.7 Å². The minimum absolute atomic E-state index is 0.106. The Labute approximate surface area is 222 Å². The number of carbonyl (C=O) groups is 2. The Morgan fingerprint density at radius 3 is 2.39 bits per heavy atom. The largest absolute Gasteiger partial charge is 0.484 e. The Hall–Kier alpha value is -3.12. The number of ether oxygens (including phenoxy) is 1. The average molecular weight is 550 g/mol. The van der Waals surface area contributed by atoms with Gasteiger partial charge in [-0.3, -0.25) is 9.59 Å². The number of hydrogen-bond acceptors (Lipinski definition) is 3. The predicted octanol–water partition coefficient (Wildman–Crippen LogP) is 5.84. The third-order valence-corrected chi connectivity index (χ3v) is 7.15. The molecule has 0 bridgehead atoms. The third kappa shape index (κ3) is 7.20. The Morgan fingerprint density at radius 1 is 0.972 bits per heavy atom. The second-order valence-corrected chi connectivity index (χ2v) is 10.3. The van der Waals surface area contributed by atoms with Crippen LogP contribution in [0.2, 0.25) is 0 Å². The van der Waals surface area contributed by atoms with Gasteiger partial charge < -0.3 is 15.0 Å². The van der Waals surface area contributed by atoms with E-state index in [-0.39, 0.29) is 24.5 Å². The molecule has 1 N–H and O–H groups in total. The Morgan fingerprint density at radius 2 is 1.67 bits per heavy atom. The zero-order chi connectivity index (χ0) is 25.3. The van der Waals surface area contributed by atoms with Gasteiger partial charge in [0.1, 0.15) is 11.8 Å². The van der Waals surface area contributed by atoms with Crippen LogP contribution in [0, 0.1) is 6.92 Å². The molecule has 2 amide bonds. The molecule has 6 heteroatoms. The number of nitrogens with zero attached hydrogens (tertiary/aromatic N) is 1. The molecule has 36 heavy (non-hydrogen) atoms. The number of halogens is 1. The summed E-state index contributed by atoms with van der Waals surface area (Å²) in [6.07, 6.45) is 4.65. The molecule has 1 aliphatic carbocycles. The van der Waals surface area contributed by atoms with Crippen molar-refractivity contribution in [1.82, 2.24) is 10.2 Å². The molecule has 3 aromatic carbocycles. The molecule has 0 heterocycles. The van der Waals surface area contributed by atoms with Gasteiger partial charge in [-0.2, -0.15) is 0 Å². The van der Waals surface area contributed by atoms with Crippen molar-refractivity contribution in [2.75, 3.05) is 6.61 Å². The maximum absolute atomic E-state index is 13.7. The predicted molar refractivity (Wildman–Crippen MR) is 146 cm³/mol. The first-order chi connectivity index (χ1) is 17.5. The van der Waals surface area contributed by atoms with Gasteiger partial charge in [0.2, 0.25) is 5.91 Å². The molecule has 0 saturated heterocycles. The van der Waals surface area contributed by atoms with E-state index in [4.69, 9.17) is 4.74 Å². The summed E-state index contributed by atoms with van der Waals surface area (Å²) in [7, 11) is 0. The van der Waals surface area contributed by atoms with Crippen molar-refractivity contribution in [2.24, 2.45) is 0 Å². The van der Waals surface area contributed by atoms with Crippen LogP contribution in [0.25, 0.3) is 0 Å². The fraction of sp³-hybridized carbons (Fsp3) is 0.333. The van der Waals surface area contributed by atoms with Crippen LogP contribution in [0.5, 0.6) is 5.75 Å². The van der Waals surface area contributed by atoms with Crippen LogP contribution < -0.4 is 10.1 Å². The van der Waals surface area contributed by atoms with Crippen LogP contribution in [0.4, 0.5) is 0 Å². The van der Waals surface area contributed by atoms with Crippen molar-refractivity contribution in [3.05, 3.63) is 100 Å². The lowest BCUT2D eigenvalue weighted by Crippen LogP contribution is -2.53. The highest BCUT2D eigenvalue weighted by Crippen LogP contribution is 2.22. The number of aryl methyl sites for hydroxylation is 1. The second-order valence-electron chi connectivity index (χ2n) is 9.40. The van der Waals surface area contributed by atoms with Gasteiger partial charge in [-0.1, -0.05) is 89.4 Å². The molecule has 0 spiro atoms. The normalized spacial score (nSPS) is 14.3. The lowest BCUT2D eigenvalue weighted by atomic mass is 10.0. The zero-order valence-electron chi connectivity index (χ0n) is 20.7. The molecule has 1 atom stereocenters. The van der Waals surface area contributed by atoms with Crippen molar-refractivity contribution >= 4 is 27.7 Å². The van der Waals surface area contributed by atoms with E-state index in [2.05, 4.69) is 21.2 Å². The maximum Gasteiger partial charge on any atom is 0.261 e. The minimum Gasteiger partial charge on any atom is -0.484 e. The van der Waals surface area contributed by atoms with Gasteiger partial charge >= 0.3 is 0 Å². The Kier molecular flexibility index (Phi) is 9.17. The molecule has 1 fully saturated rings. The molecule has 188 valence electrons. The number of para-hydroxylation sites is 1. The zero-order valence-corrected chi connectivity index (χ0v) is 22.2. The number of hydrogen-bond donors (Lipinski definition) is 1. The highest BCUT2D eigenvalue weighted by atomic mass is 79.9. The molecule has 5 nitrogen and oxygen atoms in total. The van der Waals surface area contributed by atoms with E-state index < -0.39 is 6.04 Å². The van der Waals surface area contributed by atoms with E-state index in [9.17, 15) is 9.59 Å². The number of nitrogens with one attached hydrogen (secondary N) is 1. The van der Waals surface area contributed by atoms with Crippen molar-refractivity contribution < 1.29 is 14.3 Å². The fourth-order valence-corrected chi connectivity index (χ4v) is 5.14. The van der Waals surface area contributed by atoms with E-state index in [0.717, 1.165) is 46.8 Å². The monoisotopic (exact) mass is 548 g/mol. The third-order valence-electron chi connectivity index (χ3n) is 6.66. The average Bonchev–Trinajstić information content (AvgIpc) is 3.39. The lowest BCUT2D eigenvalue weighted by Gasteiger charge is -2.32. The smallest absolute Gasteiger partial charge is 0.261 e. The molecule has 0 aliphatic heterocycles. The van der Waals surface area contributed by atoms with Crippen LogP contribution >= 0.6 is 15.9 Å². The topological polar surface area (TPSA) is 58.6 Å². The standard InChI is InChI=1S/C30H33BrN2O3/c1-22-10-5-8-17-28(22)36-21-29(34)33(20-24-13-9-14-25(31)18-24)27(19-23-11-3-2-4-12-23)30(35)32-26-15-6-7-16-26/h2-5,8-14,17-18,26-27H,6-7,15-16,19-21H2,1H3,(H,32,35)/t27-/m0/s1. The summed E-state index contributed by atoms with van der Waals surface area (Å²) in [5.41, 5.74) is 2.92. The van der Waals surface area contributed by atoms with Gasteiger partial charge in [-0.15, -0.1) is 0 Å². The molecule has 4 rings (SSSR count). The van der Waals surface area contributed by atoms with E-state index in [1.807, 2.05) is 85.8 Å². The van der Waals surface area contributed by atoms with E-state index in [0.29, 0.717) is 18.7 Å². The highest BCUT2D eigenvalue weighted by Gasteiger charge is 2.32. The summed E-state index contributed by atoms with van der Waals surface area (Å²) in [6, 6.07) is 24.9. The molecule has 0 aromatic heterocycles. The van der Waals surface area contributed by atoms with E-state index in [1.165, 1.54) is 0 Å². The molecule has 1 aliphatic rings. The van der Waals surface area contributed by atoms with Crippen LogP contribution in [-0.4, -0.2) is 35.4 Å². The van der Waals surface area contributed by atoms with Crippen LogP contribution in [-0.2, 0) is 22.6 Å². The molecule has 0 radical (unpaired) electrons. The first-order valence-electron chi connectivity index (χ1n) is 12.6. The summed E-state index contributed by atoms with van der Waals surface area (Å²) >= 11 is 3.53. The van der Waals surface area contributed by atoms with Gasteiger partial charge in [0.25, 0.3) is 5.91 Å². The van der Waals surface area contributed by atoms with Gasteiger partial charge in [0, 0.05) is 23.5 Å². The minimum atomic E-state index is -0.653. The molecule has 3 aromatic rings. The van der Waals surface area contributed by atoms with Crippen molar-refractivity contribution in [3.8, 4) is 5.75 Å². The van der Waals surface area contributed by atoms with Gasteiger partial charge in [-0.25, -0.2) is 0 Å². The number of carbonyl (C=O) groups excluding carboxylic acids is 2. The molecule has 0 unspecified atom stereocenters. The van der Waals surface area contributed by atoms with Gasteiger partial charge in [-0.05, 0) is 54.7 Å². The van der Waals surface area contributed by atoms with Crippen LogP contribution in [0.3, 0.4) is 0 Å². The van der Waals surface area contributed by atoms with Crippen molar-refractivity contribution in [3.63, 3.8) is 0 Å². The van der Waals surface area contributed by atoms with Crippen LogP contribution in [0.15, 0.2) is 83.3 Å². The molecular formula is C30H33BrN2O3. The van der Waals surface area contributed by atoms with E-state index in [1.54, 1.807) is 4.90 Å². The highest BCUT2D eigenvalue weighted by molar-refractivity contribution is 9.10.